The third-order valence-corrected chi connectivity index (χ3v) is 4.68. The van der Waals surface area contributed by atoms with Gasteiger partial charge in [-0.2, -0.15) is 11.8 Å². The highest BCUT2D eigenvalue weighted by atomic mass is 32.2. The van der Waals surface area contributed by atoms with E-state index in [-0.39, 0.29) is 31.1 Å². The van der Waals surface area contributed by atoms with Crippen molar-refractivity contribution in [3.8, 4) is 0 Å². The van der Waals surface area contributed by atoms with Gasteiger partial charge in [-0.1, -0.05) is 20.8 Å². The number of hydrogen-bond acceptors (Lipinski definition) is 8. The summed E-state index contributed by atoms with van der Waals surface area (Å²) in [4.78, 5) is 11.7. The molecule has 0 rings (SSSR count). The van der Waals surface area contributed by atoms with Gasteiger partial charge in [0.15, 0.2) is 6.29 Å². The molecule has 0 aliphatic heterocycles. The fourth-order valence-corrected chi connectivity index (χ4v) is 2.51. The summed E-state index contributed by atoms with van der Waals surface area (Å²) in [6.45, 7) is 7.20. The number of nitrogens with one attached hydrogen (secondary N) is 1. The van der Waals surface area contributed by atoms with E-state index in [0.29, 0.717) is 25.6 Å². The lowest BCUT2D eigenvalue weighted by Crippen LogP contribution is -2.39. The van der Waals surface area contributed by atoms with Crippen molar-refractivity contribution in [2.75, 3.05) is 44.7 Å². The van der Waals surface area contributed by atoms with Crippen LogP contribution in [0.3, 0.4) is 0 Å². The molecule has 1 amide bonds. The van der Waals surface area contributed by atoms with Crippen LogP contribution in [-0.2, 0) is 19.0 Å². The highest BCUT2D eigenvalue weighted by molar-refractivity contribution is 7.99. The lowest BCUT2D eigenvalue weighted by Gasteiger charge is -2.17. The van der Waals surface area contributed by atoms with Crippen LogP contribution in [0.2, 0.25) is 0 Å². The number of ether oxygens (including phenoxy) is 3. The maximum atomic E-state index is 11.7. The molecule has 150 valence electrons. The van der Waals surface area contributed by atoms with Gasteiger partial charge in [0.2, 0.25) is 5.91 Å². The van der Waals surface area contributed by atoms with Gasteiger partial charge in [0.05, 0.1) is 26.4 Å². The van der Waals surface area contributed by atoms with Gasteiger partial charge in [-0.05, 0) is 6.42 Å². The lowest BCUT2D eigenvalue weighted by molar-refractivity contribution is -0.150. The Kier molecular flexibility index (Phi) is 15.5. The summed E-state index contributed by atoms with van der Waals surface area (Å²) in [5.74, 6) is 1.25. The molecular weight excluding hydrogens is 348 g/mol. The van der Waals surface area contributed by atoms with E-state index < -0.39 is 12.5 Å². The molecule has 0 spiro atoms. The quantitative estimate of drug-likeness (QED) is 0.219. The molecule has 9 heteroatoms. The molecule has 4 atom stereocenters. The van der Waals surface area contributed by atoms with Crippen molar-refractivity contribution < 1.29 is 29.2 Å². The van der Waals surface area contributed by atoms with Crippen LogP contribution in [-0.4, -0.2) is 73.3 Å². The van der Waals surface area contributed by atoms with Crippen LogP contribution in [0.5, 0.6) is 0 Å². The van der Waals surface area contributed by atoms with Crippen LogP contribution in [0, 0.1) is 11.8 Å². The van der Waals surface area contributed by atoms with Crippen molar-refractivity contribution in [3.05, 3.63) is 0 Å². The van der Waals surface area contributed by atoms with E-state index in [1.165, 1.54) is 0 Å². The molecule has 0 bridgehead atoms. The Balaban J connectivity index is 3.40. The van der Waals surface area contributed by atoms with Crippen molar-refractivity contribution >= 4 is 17.7 Å². The van der Waals surface area contributed by atoms with Crippen molar-refractivity contribution in [2.45, 2.75) is 39.7 Å². The van der Waals surface area contributed by atoms with Crippen molar-refractivity contribution in [2.24, 2.45) is 17.6 Å². The van der Waals surface area contributed by atoms with E-state index in [0.717, 1.165) is 12.2 Å². The number of carbonyl (C=O) groups is 1. The average molecular weight is 383 g/mol. The Morgan fingerprint density at radius 1 is 1.20 bits per heavy atom. The minimum atomic E-state index is -1.03. The molecule has 0 saturated carbocycles. The summed E-state index contributed by atoms with van der Waals surface area (Å²) < 4.78 is 15.8. The van der Waals surface area contributed by atoms with Crippen molar-refractivity contribution in [1.29, 1.82) is 0 Å². The van der Waals surface area contributed by atoms with Gasteiger partial charge in [-0.3, -0.25) is 4.79 Å². The molecule has 0 radical (unpaired) electrons. The summed E-state index contributed by atoms with van der Waals surface area (Å²) >= 11 is 1.61. The van der Waals surface area contributed by atoms with Crippen LogP contribution in [0.1, 0.15) is 27.2 Å². The second-order valence-corrected chi connectivity index (χ2v) is 7.02. The van der Waals surface area contributed by atoms with Crippen LogP contribution in [0.15, 0.2) is 0 Å². The topological polar surface area (TPSA) is 123 Å². The van der Waals surface area contributed by atoms with Crippen LogP contribution >= 0.6 is 11.8 Å². The molecule has 0 aromatic heterocycles. The van der Waals surface area contributed by atoms with Gasteiger partial charge in [0.25, 0.3) is 0 Å². The summed E-state index contributed by atoms with van der Waals surface area (Å²) in [6, 6.07) is 0. The second kappa shape index (κ2) is 15.8. The van der Waals surface area contributed by atoms with E-state index in [2.05, 4.69) is 5.32 Å². The Hall–Kier alpha value is -0.420. The van der Waals surface area contributed by atoms with Gasteiger partial charge >= 0.3 is 0 Å². The van der Waals surface area contributed by atoms with Gasteiger partial charge in [0, 0.05) is 23.3 Å². The number of rotatable bonds is 16. The third kappa shape index (κ3) is 14.4. The Morgan fingerprint density at radius 3 is 2.52 bits per heavy atom. The largest absolute Gasteiger partial charge is 0.377 e. The maximum absolute atomic E-state index is 11.7. The molecule has 0 aromatic carbocycles. The summed E-state index contributed by atoms with van der Waals surface area (Å²) in [5.41, 5.74) is 5.16. The minimum absolute atomic E-state index is 0.0619. The zero-order valence-electron chi connectivity index (χ0n) is 15.5. The van der Waals surface area contributed by atoms with Gasteiger partial charge < -0.3 is 35.5 Å². The molecule has 8 nitrogen and oxygen atoms in total. The number of aliphatic hydroxyl groups is 2. The first-order valence-electron chi connectivity index (χ1n) is 8.62. The number of carbonyl (C=O) groups excluding carboxylic acids is 1. The van der Waals surface area contributed by atoms with E-state index in [1.807, 2.05) is 20.8 Å². The monoisotopic (exact) mass is 382 g/mol. The Bertz CT molecular complexity index is 336. The zero-order valence-corrected chi connectivity index (χ0v) is 16.3. The first kappa shape index (κ1) is 24.6. The van der Waals surface area contributed by atoms with E-state index in [9.17, 15) is 9.90 Å². The number of nitrogens with two attached hydrogens (primary N) is 1. The Morgan fingerprint density at radius 2 is 1.88 bits per heavy atom. The molecule has 0 aliphatic carbocycles. The predicted octanol–water partition coefficient (Wildman–Crippen LogP) is 0.121. The van der Waals surface area contributed by atoms with Crippen LogP contribution in [0.4, 0.5) is 0 Å². The van der Waals surface area contributed by atoms with E-state index >= 15 is 0 Å². The fourth-order valence-electron chi connectivity index (χ4n) is 1.60. The van der Waals surface area contributed by atoms with Gasteiger partial charge in [-0.25, -0.2) is 0 Å². The van der Waals surface area contributed by atoms with E-state index in [4.69, 9.17) is 25.1 Å². The first-order chi connectivity index (χ1) is 11.9. The maximum Gasteiger partial charge on any atom is 0.223 e. The smallest absolute Gasteiger partial charge is 0.223 e. The van der Waals surface area contributed by atoms with Crippen molar-refractivity contribution in [3.63, 3.8) is 0 Å². The molecule has 0 aliphatic rings. The molecule has 0 aromatic rings. The number of aliphatic hydroxyl groups excluding tert-OH is 2. The average Bonchev–Trinajstić information content (AvgIpc) is 2.59. The van der Waals surface area contributed by atoms with Crippen molar-refractivity contribution in [1.82, 2.24) is 5.32 Å². The predicted molar refractivity (Wildman–Crippen MR) is 97.9 cm³/mol. The Labute approximate surface area is 154 Å². The normalized spacial score (nSPS) is 16.2. The van der Waals surface area contributed by atoms with Gasteiger partial charge in [-0.15, -0.1) is 0 Å². The lowest BCUT2D eigenvalue weighted by atomic mass is 10.1. The molecule has 0 saturated heterocycles. The number of thioether (sulfide) groups is 1. The summed E-state index contributed by atoms with van der Waals surface area (Å²) in [7, 11) is 0. The molecule has 25 heavy (non-hydrogen) atoms. The highest BCUT2D eigenvalue weighted by Crippen LogP contribution is 2.09. The van der Waals surface area contributed by atoms with Gasteiger partial charge in [0.1, 0.15) is 13.0 Å². The summed E-state index contributed by atoms with van der Waals surface area (Å²) in [5, 5.41) is 21.1. The van der Waals surface area contributed by atoms with Crippen LogP contribution in [0.25, 0.3) is 0 Å². The molecule has 0 fully saturated rings. The molecule has 4 unspecified atom stereocenters. The van der Waals surface area contributed by atoms with E-state index in [1.54, 1.807) is 11.8 Å². The fraction of sp³-hybridized carbons (Fsp3) is 0.938. The summed E-state index contributed by atoms with van der Waals surface area (Å²) in [6.07, 6.45) is -0.919. The second-order valence-electron chi connectivity index (χ2n) is 5.87. The molecule has 0 heterocycles. The number of hydrogen-bond donors (Lipinski definition) is 4. The molecular formula is C16H34N2O6S. The highest BCUT2D eigenvalue weighted by Gasteiger charge is 2.13. The minimum Gasteiger partial charge on any atom is -0.377 e. The first-order valence-corrected chi connectivity index (χ1v) is 9.78. The third-order valence-electron chi connectivity index (χ3n) is 3.49. The number of amides is 1. The van der Waals surface area contributed by atoms with Crippen LogP contribution < -0.4 is 11.1 Å². The molecule has 5 N–H and O–H groups in total. The zero-order chi connectivity index (χ0) is 19.1. The standard InChI is InChI=1S/C16H34N2O6S/c1-4-12(2)16(21)24-6-5-22-11-23-7-8-25-10-13(3)15(20)18-9-14(17)19/h12-14,16,19,21H,4-11,17H2,1-3H3,(H,18,20). The SMILES string of the molecule is CCC(C)C(O)OCCOCOCCSCC(C)C(=O)NCC(N)O.